The molecular weight excluding hydrogens is 718 g/mol. The van der Waals surface area contributed by atoms with Crippen LogP contribution in [0.15, 0.2) is 30.3 Å². The molecule has 1 aromatic rings. The molecular formula is C43H71N3O10. The Morgan fingerprint density at radius 3 is 2.20 bits per heavy atom. The molecule has 13 nitrogen and oxygen atoms in total. The molecule has 318 valence electrons. The second-order valence-electron chi connectivity index (χ2n) is 18.7. The molecule has 1 aromatic carbocycles. The number of aliphatic hydroxyl groups is 1. The Hall–Kier alpha value is -2.65. The van der Waals surface area contributed by atoms with Gasteiger partial charge in [0, 0.05) is 38.7 Å². The molecule has 2 heterocycles. The van der Waals surface area contributed by atoms with E-state index in [2.05, 4.69) is 18.9 Å². The van der Waals surface area contributed by atoms with Crippen LogP contribution in [0.5, 0.6) is 0 Å². The molecule has 0 spiro atoms. The Balaban J connectivity index is 1.64. The number of rotatable bonds is 8. The minimum atomic E-state index is -1.41. The van der Waals surface area contributed by atoms with Crippen molar-refractivity contribution in [3.8, 4) is 0 Å². The lowest BCUT2D eigenvalue weighted by atomic mass is 9.73. The molecule has 3 aliphatic rings. The number of carbonyl (C=O) groups is 3. The van der Waals surface area contributed by atoms with Crippen molar-refractivity contribution in [2.45, 2.75) is 148 Å². The summed E-state index contributed by atoms with van der Waals surface area (Å²) in [6.07, 6.45) is -2.08. The predicted molar refractivity (Wildman–Crippen MR) is 213 cm³/mol. The van der Waals surface area contributed by atoms with E-state index in [0.717, 1.165) is 12.8 Å². The van der Waals surface area contributed by atoms with E-state index >= 15 is 0 Å². The number of esters is 1. The highest BCUT2D eigenvalue weighted by molar-refractivity contribution is 5.89. The van der Waals surface area contributed by atoms with Gasteiger partial charge in [-0.15, -0.1) is 0 Å². The van der Waals surface area contributed by atoms with Crippen LogP contribution in [0.25, 0.3) is 0 Å². The number of amides is 1. The molecule has 0 bridgehead atoms. The van der Waals surface area contributed by atoms with E-state index in [0.29, 0.717) is 24.9 Å². The summed E-state index contributed by atoms with van der Waals surface area (Å²) in [5.41, 5.74) is -2.51. The van der Waals surface area contributed by atoms with Crippen molar-refractivity contribution in [2.24, 2.45) is 23.2 Å². The molecule has 1 amide bonds. The number of hydrogen-bond donors (Lipinski definition) is 1. The van der Waals surface area contributed by atoms with Crippen molar-refractivity contribution < 1.29 is 47.9 Å². The average Bonchev–Trinajstić information content (AvgIpc) is 3.10. The van der Waals surface area contributed by atoms with Crippen LogP contribution in [0.2, 0.25) is 0 Å². The SMILES string of the molecule is CO[C@]1(C)C[C@@H](C)CN(C)[C@H]([C@H]2C[C@@H](N(C)C(=O)OC(C)(C)C)C2)COC(O)C(C)(C)C(=O)[C@H](C)[C@H]1O[C@@H]1O[C@H](C)C[C@H](N(C)C)[C@H]1OC(=O)c1ccccc1. The van der Waals surface area contributed by atoms with Crippen molar-refractivity contribution in [3.63, 3.8) is 0 Å². The van der Waals surface area contributed by atoms with Gasteiger partial charge in [-0.2, -0.15) is 0 Å². The summed E-state index contributed by atoms with van der Waals surface area (Å²) in [7, 11) is 9.34. The Bertz CT molecular complexity index is 1460. The van der Waals surface area contributed by atoms with Crippen LogP contribution in [-0.2, 0) is 33.2 Å². The fourth-order valence-electron chi connectivity index (χ4n) is 8.78. The van der Waals surface area contributed by atoms with Crippen molar-refractivity contribution in [1.29, 1.82) is 0 Å². The van der Waals surface area contributed by atoms with Crippen LogP contribution < -0.4 is 0 Å². The first-order valence-electron chi connectivity index (χ1n) is 20.3. The summed E-state index contributed by atoms with van der Waals surface area (Å²) in [4.78, 5) is 46.9. The number of likely N-dealkylation sites (N-methyl/N-ethyl adjacent to an activating group) is 2. The maximum Gasteiger partial charge on any atom is 0.410 e. The van der Waals surface area contributed by atoms with Crippen molar-refractivity contribution >= 4 is 17.8 Å². The number of carbonyl (C=O) groups excluding carboxylic acids is 3. The minimum absolute atomic E-state index is 0.0244. The molecule has 1 unspecified atom stereocenters. The largest absolute Gasteiger partial charge is 0.452 e. The van der Waals surface area contributed by atoms with Crippen LogP contribution in [0.1, 0.15) is 98.4 Å². The standard InChI is InChI=1S/C43H71N3O10/c1-26-23-43(9,51-14)36(55-38-34(32(44(10)11)20-27(2)53-38)54-37(48)29-18-16-15-17-19-29)28(3)35(47)42(7,8)39(49)52-25-33(45(12)24-26)30-21-31(22-30)46(13)40(50)56-41(4,5)6/h15-19,26-28,30-34,36,38-39,49H,20-25H2,1-14H3/t26-,27-,28+,30-,31+,32+,33+,34-,36-,38+,39?,43-/m1/s1. The number of hydrogen-bond acceptors (Lipinski definition) is 12. The molecule has 0 radical (unpaired) electrons. The lowest BCUT2D eigenvalue weighted by molar-refractivity contribution is -0.295. The number of benzene rings is 1. The summed E-state index contributed by atoms with van der Waals surface area (Å²) in [6.45, 7) is 17.7. The number of aliphatic hydroxyl groups excluding tert-OH is 1. The van der Waals surface area contributed by atoms with E-state index in [1.807, 2.05) is 59.7 Å². The smallest absolute Gasteiger partial charge is 0.410 e. The van der Waals surface area contributed by atoms with E-state index in [1.165, 1.54) is 0 Å². The number of Topliss-reactive ketones (excluding diaryl/α,β-unsaturated/α-hetero) is 1. The molecule has 1 saturated carbocycles. The zero-order valence-corrected chi connectivity index (χ0v) is 36.4. The Morgan fingerprint density at radius 2 is 1.62 bits per heavy atom. The molecule has 2 saturated heterocycles. The number of ketones is 1. The minimum Gasteiger partial charge on any atom is -0.452 e. The molecule has 56 heavy (non-hydrogen) atoms. The van der Waals surface area contributed by atoms with Gasteiger partial charge in [-0.3, -0.25) is 4.79 Å². The van der Waals surface area contributed by atoms with Crippen LogP contribution in [-0.4, -0.2) is 146 Å². The lowest BCUT2D eigenvalue weighted by Gasteiger charge is -2.48. The first kappa shape index (κ1) is 46.0. The normalized spacial score (nSPS) is 36.4. The third-order valence-electron chi connectivity index (χ3n) is 12.2. The van der Waals surface area contributed by atoms with Crippen molar-refractivity contribution in [2.75, 3.05) is 48.5 Å². The highest BCUT2D eigenvalue weighted by atomic mass is 16.7. The van der Waals surface area contributed by atoms with Crippen LogP contribution >= 0.6 is 0 Å². The zero-order valence-electron chi connectivity index (χ0n) is 36.4. The van der Waals surface area contributed by atoms with Gasteiger partial charge >= 0.3 is 12.1 Å². The predicted octanol–water partition coefficient (Wildman–Crippen LogP) is 5.62. The summed E-state index contributed by atoms with van der Waals surface area (Å²) in [5.74, 6) is -1.30. The Kier molecular flexibility index (Phi) is 15.2. The number of ether oxygens (including phenoxy) is 6. The van der Waals surface area contributed by atoms with Gasteiger partial charge in [0.05, 0.1) is 41.4 Å². The van der Waals surface area contributed by atoms with Gasteiger partial charge in [-0.05, 0) is 119 Å². The molecule has 13 heteroatoms. The van der Waals surface area contributed by atoms with Gasteiger partial charge < -0.3 is 48.2 Å². The van der Waals surface area contributed by atoms with Crippen molar-refractivity contribution in [3.05, 3.63) is 35.9 Å². The maximum atomic E-state index is 14.7. The highest BCUT2D eigenvalue weighted by Crippen LogP contribution is 2.41. The summed E-state index contributed by atoms with van der Waals surface area (Å²) in [5, 5.41) is 11.6. The molecule has 2 aliphatic heterocycles. The quantitative estimate of drug-likeness (QED) is 0.328. The third-order valence-corrected chi connectivity index (χ3v) is 12.2. The van der Waals surface area contributed by atoms with Gasteiger partial charge in [-0.25, -0.2) is 9.59 Å². The third kappa shape index (κ3) is 10.9. The van der Waals surface area contributed by atoms with E-state index < -0.39 is 53.3 Å². The van der Waals surface area contributed by atoms with Gasteiger partial charge in [0.15, 0.2) is 18.7 Å². The van der Waals surface area contributed by atoms with Gasteiger partial charge in [0.2, 0.25) is 0 Å². The first-order valence-corrected chi connectivity index (χ1v) is 20.3. The van der Waals surface area contributed by atoms with Gasteiger partial charge in [0.1, 0.15) is 11.4 Å². The summed E-state index contributed by atoms with van der Waals surface area (Å²) in [6, 6.07) is 8.52. The molecule has 0 aromatic heterocycles. The average molecular weight is 790 g/mol. The Morgan fingerprint density at radius 1 is 1.00 bits per heavy atom. The van der Waals surface area contributed by atoms with Crippen LogP contribution in [0, 0.1) is 23.2 Å². The topological polar surface area (TPSA) is 137 Å². The second-order valence-corrected chi connectivity index (χ2v) is 18.7. The molecule has 1 aliphatic carbocycles. The maximum absolute atomic E-state index is 14.7. The molecule has 4 rings (SSSR count). The van der Waals surface area contributed by atoms with Crippen LogP contribution in [0.4, 0.5) is 4.79 Å². The van der Waals surface area contributed by atoms with E-state index in [1.54, 1.807) is 64.1 Å². The fourth-order valence-corrected chi connectivity index (χ4v) is 8.78. The first-order chi connectivity index (χ1) is 26.0. The summed E-state index contributed by atoms with van der Waals surface area (Å²) >= 11 is 0. The summed E-state index contributed by atoms with van der Waals surface area (Å²) < 4.78 is 37.9. The van der Waals surface area contributed by atoms with Gasteiger partial charge in [0.25, 0.3) is 0 Å². The lowest BCUT2D eigenvalue weighted by Crippen LogP contribution is -2.60. The Labute approximate surface area is 335 Å². The van der Waals surface area contributed by atoms with Crippen LogP contribution in [0.3, 0.4) is 0 Å². The zero-order chi connectivity index (χ0) is 41.9. The molecule has 10 atom stereocenters. The number of nitrogens with zero attached hydrogens (tertiary/aromatic N) is 3. The van der Waals surface area contributed by atoms with E-state index in [9.17, 15) is 19.5 Å². The van der Waals surface area contributed by atoms with Crippen molar-refractivity contribution in [1.82, 2.24) is 14.7 Å². The number of methoxy groups -OCH3 is 1. The molecule has 3 fully saturated rings. The fraction of sp³-hybridized carbons (Fsp3) is 0.791. The van der Waals surface area contributed by atoms with E-state index in [4.69, 9.17) is 28.4 Å². The highest BCUT2D eigenvalue weighted by Gasteiger charge is 2.52. The van der Waals surface area contributed by atoms with Gasteiger partial charge in [-0.1, -0.05) is 32.0 Å². The monoisotopic (exact) mass is 790 g/mol. The molecule has 1 N–H and O–H groups in total. The second kappa shape index (κ2) is 18.5. The van der Waals surface area contributed by atoms with E-state index in [-0.39, 0.29) is 54.5 Å².